The first-order valence-electron chi connectivity index (χ1n) is 11.8. The Labute approximate surface area is 211 Å². The van der Waals surface area contributed by atoms with Crippen LogP contribution in [0, 0.1) is 5.82 Å². The number of nitrogens with one attached hydrogen (secondary N) is 1. The molecule has 0 aliphatic carbocycles. The Morgan fingerprint density at radius 2 is 1.94 bits per heavy atom. The number of imidazole rings is 1. The lowest BCUT2D eigenvalue weighted by atomic mass is 10.1. The zero-order valence-electron chi connectivity index (χ0n) is 19.2. The number of aromatic nitrogens is 5. The molecule has 0 saturated heterocycles. The molecule has 176 valence electrons. The lowest BCUT2D eigenvalue weighted by Gasteiger charge is -2.19. The second-order valence-electron chi connectivity index (χ2n) is 8.74. The first-order chi connectivity index (χ1) is 17.1. The lowest BCUT2D eigenvalue weighted by molar-refractivity contribution is 0.459. The second kappa shape index (κ2) is 8.92. The summed E-state index contributed by atoms with van der Waals surface area (Å²) in [6.45, 7) is 3.57. The summed E-state index contributed by atoms with van der Waals surface area (Å²) >= 11 is 3.73. The monoisotopic (exact) mass is 530 g/mol. The number of halogens is 2. The number of hydrogen-bond acceptors (Lipinski definition) is 4. The maximum absolute atomic E-state index is 13.7. The zero-order valence-corrected chi connectivity index (χ0v) is 20.8. The summed E-state index contributed by atoms with van der Waals surface area (Å²) in [4.78, 5) is 14.2. The maximum atomic E-state index is 13.7. The lowest BCUT2D eigenvalue weighted by Crippen LogP contribution is -2.14. The molecule has 0 bridgehead atoms. The molecule has 0 fully saturated rings. The molecule has 35 heavy (non-hydrogen) atoms. The van der Waals surface area contributed by atoms with Crippen molar-refractivity contribution in [2.75, 3.05) is 11.9 Å². The molecule has 4 heterocycles. The molecule has 1 N–H and O–H groups in total. The number of para-hydroxylation sites is 1. The molecule has 0 spiro atoms. The minimum atomic E-state index is -0.263. The molecule has 1 aliphatic heterocycles. The Balaban J connectivity index is 1.49. The third-order valence-electron chi connectivity index (χ3n) is 6.55. The standard InChI is InChI=1S/C27H24BrFN6/c1-2-30-27-31-14-12-22(32-27)26-24(17-6-8-19(29)9-7-17)33-23-11-10-20(35(23)26)16-34-15-13-18-4-3-5-21(28)25(18)34/h3-9,12-15,20H,2,10-11,16H2,1H3,(H,30,31,32). The van der Waals surface area contributed by atoms with E-state index in [4.69, 9.17) is 9.97 Å². The molecular weight excluding hydrogens is 507 g/mol. The van der Waals surface area contributed by atoms with E-state index in [-0.39, 0.29) is 11.9 Å². The van der Waals surface area contributed by atoms with Crippen LogP contribution in [0.25, 0.3) is 33.5 Å². The SMILES string of the molecule is CCNc1nccc(-c2c(-c3ccc(F)cc3)nc3n2C(Cn2ccc4cccc(Br)c42)CC3)n1. The molecule has 0 saturated carbocycles. The molecule has 0 radical (unpaired) electrons. The molecule has 1 unspecified atom stereocenters. The van der Waals surface area contributed by atoms with Gasteiger partial charge < -0.3 is 14.5 Å². The number of anilines is 1. The first kappa shape index (κ1) is 22.0. The molecule has 6 nitrogen and oxygen atoms in total. The average molecular weight is 531 g/mol. The van der Waals surface area contributed by atoms with E-state index in [9.17, 15) is 4.39 Å². The molecule has 8 heteroatoms. The van der Waals surface area contributed by atoms with E-state index < -0.39 is 0 Å². The van der Waals surface area contributed by atoms with Gasteiger partial charge in [0.05, 0.1) is 28.6 Å². The topological polar surface area (TPSA) is 60.6 Å². The third kappa shape index (κ3) is 3.91. The maximum Gasteiger partial charge on any atom is 0.223 e. The van der Waals surface area contributed by atoms with Gasteiger partial charge in [-0.1, -0.05) is 12.1 Å². The molecule has 2 aromatic carbocycles. The smallest absolute Gasteiger partial charge is 0.223 e. The van der Waals surface area contributed by atoms with Crippen molar-refractivity contribution in [3.05, 3.63) is 83.1 Å². The summed E-state index contributed by atoms with van der Waals surface area (Å²) < 4.78 is 19.4. The highest BCUT2D eigenvalue weighted by molar-refractivity contribution is 9.10. The van der Waals surface area contributed by atoms with Crippen molar-refractivity contribution in [2.24, 2.45) is 0 Å². The molecule has 5 aromatic rings. The summed E-state index contributed by atoms with van der Waals surface area (Å²) in [5, 5.41) is 4.42. The van der Waals surface area contributed by atoms with Crippen molar-refractivity contribution in [3.63, 3.8) is 0 Å². The van der Waals surface area contributed by atoms with Crippen LogP contribution in [0.3, 0.4) is 0 Å². The summed E-state index contributed by atoms with van der Waals surface area (Å²) in [5.41, 5.74) is 4.65. The number of hydrogen-bond donors (Lipinski definition) is 1. The number of rotatable bonds is 6. The van der Waals surface area contributed by atoms with Crippen molar-refractivity contribution < 1.29 is 4.39 Å². The fraction of sp³-hybridized carbons (Fsp3) is 0.222. The van der Waals surface area contributed by atoms with Gasteiger partial charge in [-0.25, -0.2) is 19.3 Å². The minimum Gasteiger partial charge on any atom is -0.354 e. The van der Waals surface area contributed by atoms with Gasteiger partial charge in [-0.3, -0.25) is 0 Å². The summed E-state index contributed by atoms with van der Waals surface area (Å²) in [6.07, 6.45) is 5.80. The van der Waals surface area contributed by atoms with Gasteiger partial charge in [-0.05, 0) is 71.7 Å². The van der Waals surface area contributed by atoms with Crippen LogP contribution in [0.5, 0.6) is 0 Å². The zero-order chi connectivity index (χ0) is 23.9. The van der Waals surface area contributed by atoms with E-state index in [2.05, 4.69) is 65.8 Å². The fourth-order valence-electron chi connectivity index (χ4n) is 5.03. The Morgan fingerprint density at radius 3 is 2.77 bits per heavy atom. The molecule has 3 aromatic heterocycles. The predicted molar refractivity (Wildman–Crippen MR) is 140 cm³/mol. The van der Waals surface area contributed by atoms with Gasteiger partial charge in [-0.15, -0.1) is 0 Å². The Morgan fingerprint density at radius 1 is 1.09 bits per heavy atom. The van der Waals surface area contributed by atoms with Crippen LogP contribution in [0.2, 0.25) is 0 Å². The van der Waals surface area contributed by atoms with Gasteiger partial charge in [0, 0.05) is 47.3 Å². The van der Waals surface area contributed by atoms with E-state index in [1.165, 1.54) is 23.0 Å². The van der Waals surface area contributed by atoms with Crippen molar-refractivity contribution >= 4 is 32.8 Å². The summed E-state index contributed by atoms with van der Waals surface area (Å²) in [6, 6.07) is 17.1. The number of nitrogens with zero attached hydrogens (tertiary/aromatic N) is 5. The highest BCUT2D eigenvalue weighted by atomic mass is 79.9. The van der Waals surface area contributed by atoms with Crippen LogP contribution in [-0.4, -0.2) is 30.6 Å². The van der Waals surface area contributed by atoms with E-state index in [0.717, 1.165) is 58.9 Å². The Bertz CT molecular complexity index is 1520. The van der Waals surface area contributed by atoms with Crippen molar-refractivity contribution in [3.8, 4) is 22.6 Å². The Hall–Kier alpha value is -3.52. The Kier molecular flexibility index (Phi) is 5.60. The predicted octanol–water partition coefficient (Wildman–Crippen LogP) is 6.48. The fourth-order valence-corrected chi connectivity index (χ4v) is 5.64. The van der Waals surface area contributed by atoms with Gasteiger partial charge in [0.25, 0.3) is 0 Å². The van der Waals surface area contributed by atoms with Crippen molar-refractivity contribution in [2.45, 2.75) is 32.4 Å². The van der Waals surface area contributed by atoms with Crippen molar-refractivity contribution in [1.82, 2.24) is 24.1 Å². The van der Waals surface area contributed by atoms with Gasteiger partial charge in [-0.2, -0.15) is 0 Å². The van der Waals surface area contributed by atoms with E-state index >= 15 is 0 Å². The quantitative estimate of drug-likeness (QED) is 0.273. The molecule has 0 amide bonds. The average Bonchev–Trinajstić information content (AvgIpc) is 3.55. The van der Waals surface area contributed by atoms with E-state index in [1.54, 1.807) is 18.3 Å². The van der Waals surface area contributed by atoms with Crippen LogP contribution >= 0.6 is 15.9 Å². The number of fused-ring (bicyclic) bond motifs is 2. The van der Waals surface area contributed by atoms with Gasteiger partial charge in [0.15, 0.2) is 0 Å². The summed E-state index contributed by atoms with van der Waals surface area (Å²) in [7, 11) is 0. The van der Waals surface area contributed by atoms with Gasteiger partial charge >= 0.3 is 0 Å². The number of aryl methyl sites for hydroxylation is 1. The third-order valence-corrected chi connectivity index (χ3v) is 7.19. The normalized spacial score (nSPS) is 15.0. The van der Waals surface area contributed by atoms with Crippen LogP contribution in [0.1, 0.15) is 25.2 Å². The number of benzene rings is 2. The second-order valence-corrected chi connectivity index (χ2v) is 9.59. The molecular formula is C27H24BrFN6. The first-order valence-corrected chi connectivity index (χ1v) is 12.6. The van der Waals surface area contributed by atoms with Crippen LogP contribution in [0.15, 0.2) is 71.5 Å². The summed E-state index contributed by atoms with van der Waals surface area (Å²) in [5.74, 6) is 1.35. The van der Waals surface area contributed by atoms with E-state index in [1.807, 2.05) is 13.0 Å². The van der Waals surface area contributed by atoms with Crippen molar-refractivity contribution in [1.29, 1.82) is 0 Å². The van der Waals surface area contributed by atoms with Crippen LogP contribution in [-0.2, 0) is 13.0 Å². The van der Waals surface area contributed by atoms with E-state index in [0.29, 0.717) is 5.95 Å². The van der Waals surface area contributed by atoms with Gasteiger partial charge in [0.1, 0.15) is 11.6 Å². The molecule has 6 rings (SSSR count). The van der Waals surface area contributed by atoms with Gasteiger partial charge in [0.2, 0.25) is 5.95 Å². The largest absolute Gasteiger partial charge is 0.354 e. The highest BCUT2D eigenvalue weighted by Gasteiger charge is 2.31. The highest BCUT2D eigenvalue weighted by Crippen LogP contribution is 2.40. The minimum absolute atomic E-state index is 0.210. The molecule has 1 aliphatic rings. The van der Waals surface area contributed by atoms with Crippen LogP contribution in [0.4, 0.5) is 10.3 Å². The van der Waals surface area contributed by atoms with Crippen LogP contribution < -0.4 is 5.32 Å². The molecule has 1 atom stereocenters.